The largest absolute Gasteiger partial charge is 0.405 e. The van der Waals surface area contributed by atoms with Crippen molar-refractivity contribution >= 4 is 11.8 Å². The third-order valence-electron chi connectivity index (χ3n) is 2.37. The number of hydrogen-bond acceptors (Lipinski definition) is 5. The molecule has 1 aromatic rings. The van der Waals surface area contributed by atoms with Crippen molar-refractivity contribution in [2.24, 2.45) is 5.73 Å². The number of rotatable bonds is 7. The van der Waals surface area contributed by atoms with E-state index in [1.165, 1.54) is 19.0 Å². The smallest absolute Gasteiger partial charge is 0.222 e. The molecule has 0 saturated carbocycles. The van der Waals surface area contributed by atoms with Gasteiger partial charge in [-0.25, -0.2) is 4.98 Å². The van der Waals surface area contributed by atoms with Crippen LogP contribution in [0, 0.1) is 0 Å². The van der Waals surface area contributed by atoms with Crippen LogP contribution in [-0.2, 0) is 6.42 Å². The second-order valence-electron chi connectivity index (χ2n) is 3.87. The number of hydrogen-bond donors (Lipinski definition) is 3. The van der Waals surface area contributed by atoms with E-state index in [0.29, 0.717) is 12.5 Å². The summed E-state index contributed by atoms with van der Waals surface area (Å²) in [5.41, 5.74) is 11.9. The van der Waals surface area contributed by atoms with Crippen LogP contribution < -0.4 is 16.8 Å². The minimum absolute atomic E-state index is 0.318. The first-order chi connectivity index (χ1) is 8.26. The van der Waals surface area contributed by atoms with Gasteiger partial charge in [-0.05, 0) is 25.1 Å². The lowest BCUT2D eigenvalue weighted by molar-refractivity contribution is 0.707. The highest BCUT2D eigenvalue weighted by molar-refractivity contribution is 5.41. The van der Waals surface area contributed by atoms with Crippen molar-refractivity contribution in [1.29, 1.82) is 0 Å². The fourth-order valence-electron chi connectivity index (χ4n) is 1.52. The molecule has 0 saturated heterocycles. The highest BCUT2D eigenvalue weighted by Gasteiger charge is 2.01. The summed E-state index contributed by atoms with van der Waals surface area (Å²) in [5, 5.41) is 3.12. The Labute approximate surface area is 102 Å². The normalized spacial score (nSPS) is 10.9. The fraction of sp³-hybridized carbons (Fsp3) is 0.500. The minimum atomic E-state index is 0.318. The lowest BCUT2D eigenvalue weighted by Gasteiger charge is -2.06. The van der Waals surface area contributed by atoms with E-state index in [4.69, 9.17) is 11.5 Å². The van der Waals surface area contributed by atoms with Crippen LogP contribution in [0.4, 0.5) is 11.8 Å². The topological polar surface area (TPSA) is 89.8 Å². The van der Waals surface area contributed by atoms with Gasteiger partial charge in [-0.15, -0.1) is 0 Å². The molecule has 0 aliphatic carbocycles. The van der Waals surface area contributed by atoms with Gasteiger partial charge in [0.05, 0.1) is 0 Å². The van der Waals surface area contributed by atoms with Gasteiger partial charge in [0.15, 0.2) is 0 Å². The molecule has 0 spiro atoms. The van der Waals surface area contributed by atoms with Crippen LogP contribution in [0.25, 0.3) is 0 Å². The van der Waals surface area contributed by atoms with Crippen molar-refractivity contribution in [3.8, 4) is 0 Å². The number of nitrogens with zero attached hydrogens (tertiary/aromatic N) is 2. The Kier molecular flexibility index (Phi) is 5.85. The number of nitrogens with two attached hydrogens (primary N) is 2. The molecule has 1 aromatic heterocycles. The maximum atomic E-state index is 5.66. The molecule has 0 fully saturated rings. The zero-order valence-electron chi connectivity index (χ0n) is 10.3. The molecule has 0 aromatic carbocycles. The molecule has 0 aliphatic heterocycles. The van der Waals surface area contributed by atoms with Crippen LogP contribution in [0.5, 0.6) is 0 Å². The van der Waals surface area contributed by atoms with Crippen molar-refractivity contribution in [1.82, 2.24) is 9.97 Å². The second kappa shape index (κ2) is 7.49. The number of aryl methyl sites for hydroxylation is 1. The van der Waals surface area contributed by atoms with Crippen LogP contribution in [0.2, 0.25) is 0 Å². The molecule has 0 unspecified atom stereocenters. The molecular formula is C12H21N5. The van der Waals surface area contributed by atoms with Crippen LogP contribution >= 0.6 is 0 Å². The first-order valence-corrected chi connectivity index (χ1v) is 6.00. The van der Waals surface area contributed by atoms with Crippen molar-refractivity contribution in [3.63, 3.8) is 0 Å². The molecule has 1 rings (SSSR count). The van der Waals surface area contributed by atoms with E-state index in [1.807, 2.05) is 12.1 Å². The summed E-state index contributed by atoms with van der Waals surface area (Å²) in [6, 6.07) is 1.94. The SMILES string of the molecule is CCCCCc1cc(NCC=CN)nc(N)n1. The molecule has 0 radical (unpaired) electrons. The quantitative estimate of drug-likeness (QED) is 0.625. The van der Waals surface area contributed by atoms with E-state index >= 15 is 0 Å². The number of nitrogen functional groups attached to an aromatic ring is 1. The first kappa shape index (κ1) is 13.3. The zero-order chi connectivity index (χ0) is 12.5. The average molecular weight is 235 g/mol. The Morgan fingerprint density at radius 3 is 2.88 bits per heavy atom. The number of aromatic nitrogens is 2. The first-order valence-electron chi connectivity index (χ1n) is 6.00. The maximum absolute atomic E-state index is 5.66. The Hall–Kier alpha value is -1.78. The van der Waals surface area contributed by atoms with Gasteiger partial charge in [0.25, 0.3) is 0 Å². The fourth-order valence-corrected chi connectivity index (χ4v) is 1.52. The summed E-state index contributed by atoms with van der Waals surface area (Å²) in [5.74, 6) is 1.07. The van der Waals surface area contributed by atoms with Gasteiger partial charge in [-0.1, -0.05) is 19.8 Å². The Morgan fingerprint density at radius 2 is 2.18 bits per heavy atom. The molecule has 5 N–H and O–H groups in total. The maximum Gasteiger partial charge on any atom is 0.222 e. The Morgan fingerprint density at radius 1 is 1.35 bits per heavy atom. The van der Waals surface area contributed by atoms with Gasteiger partial charge in [-0.3, -0.25) is 0 Å². The summed E-state index contributed by atoms with van der Waals surface area (Å²) in [4.78, 5) is 8.33. The summed E-state index contributed by atoms with van der Waals surface area (Å²) < 4.78 is 0. The van der Waals surface area contributed by atoms with Gasteiger partial charge >= 0.3 is 0 Å². The minimum Gasteiger partial charge on any atom is -0.405 e. The van der Waals surface area contributed by atoms with E-state index in [0.717, 1.165) is 24.4 Å². The van der Waals surface area contributed by atoms with Crippen molar-refractivity contribution in [3.05, 3.63) is 24.0 Å². The summed E-state index contributed by atoms with van der Waals surface area (Å²) in [6.07, 6.45) is 7.81. The lowest BCUT2D eigenvalue weighted by atomic mass is 10.1. The van der Waals surface area contributed by atoms with Gasteiger partial charge in [0.1, 0.15) is 5.82 Å². The monoisotopic (exact) mass is 235 g/mol. The van der Waals surface area contributed by atoms with Gasteiger partial charge in [0.2, 0.25) is 5.95 Å². The van der Waals surface area contributed by atoms with Crippen molar-refractivity contribution in [2.45, 2.75) is 32.6 Å². The second-order valence-corrected chi connectivity index (χ2v) is 3.87. The van der Waals surface area contributed by atoms with Gasteiger partial charge in [0, 0.05) is 18.3 Å². The van der Waals surface area contributed by atoms with Crippen LogP contribution in [0.15, 0.2) is 18.3 Å². The van der Waals surface area contributed by atoms with E-state index in [2.05, 4.69) is 22.2 Å². The molecule has 5 heteroatoms. The molecule has 0 bridgehead atoms. The molecule has 0 aliphatic rings. The number of unbranched alkanes of at least 4 members (excludes halogenated alkanes) is 2. The van der Waals surface area contributed by atoms with Crippen molar-refractivity contribution in [2.75, 3.05) is 17.6 Å². The van der Waals surface area contributed by atoms with E-state index in [9.17, 15) is 0 Å². The van der Waals surface area contributed by atoms with E-state index in [1.54, 1.807) is 0 Å². The Bertz CT molecular complexity index is 362. The van der Waals surface area contributed by atoms with Crippen molar-refractivity contribution < 1.29 is 0 Å². The van der Waals surface area contributed by atoms with Crippen LogP contribution in [-0.4, -0.2) is 16.5 Å². The molecule has 0 atom stereocenters. The Balaban J connectivity index is 2.58. The molecule has 0 amide bonds. The molecular weight excluding hydrogens is 214 g/mol. The molecule has 1 heterocycles. The molecule has 5 nitrogen and oxygen atoms in total. The van der Waals surface area contributed by atoms with Crippen LogP contribution in [0.1, 0.15) is 31.9 Å². The summed E-state index contributed by atoms with van der Waals surface area (Å²) in [7, 11) is 0. The highest BCUT2D eigenvalue weighted by atomic mass is 15.1. The molecule has 94 valence electrons. The number of anilines is 2. The summed E-state index contributed by atoms with van der Waals surface area (Å²) >= 11 is 0. The third-order valence-corrected chi connectivity index (χ3v) is 2.37. The number of nitrogens with one attached hydrogen (secondary N) is 1. The predicted octanol–water partition coefficient (Wildman–Crippen LogP) is 1.68. The van der Waals surface area contributed by atoms with Gasteiger partial charge < -0.3 is 16.8 Å². The van der Waals surface area contributed by atoms with E-state index < -0.39 is 0 Å². The summed E-state index contributed by atoms with van der Waals surface area (Å²) in [6.45, 7) is 2.82. The van der Waals surface area contributed by atoms with E-state index in [-0.39, 0.29) is 0 Å². The lowest BCUT2D eigenvalue weighted by Crippen LogP contribution is -2.06. The predicted molar refractivity (Wildman–Crippen MR) is 71.5 cm³/mol. The average Bonchev–Trinajstić information content (AvgIpc) is 2.29. The third kappa shape index (κ3) is 5.19. The standard InChI is InChI=1S/C12H21N5/c1-2-3-4-6-10-9-11(15-8-5-7-13)17-12(14)16-10/h5,7,9H,2-4,6,8,13H2,1H3,(H3,14,15,16,17). The van der Waals surface area contributed by atoms with Crippen LogP contribution in [0.3, 0.4) is 0 Å². The zero-order valence-corrected chi connectivity index (χ0v) is 10.3. The molecule has 17 heavy (non-hydrogen) atoms. The van der Waals surface area contributed by atoms with Gasteiger partial charge in [-0.2, -0.15) is 4.98 Å². The highest BCUT2D eigenvalue weighted by Crippen LogP contribution is 2.11.